The lowest BCUT2D eigenvalue weighted by Gasteiger charge is -2.12. The molecular formula is C18H27IN4O2. The van der Waals surface area contributed by atoms with E-state index in [0.29, 0.717) is 12.4 Å². The van der Waals surface area contributed by atoms with Crippen molar-refractivity contribution in [3.05, 3.63) is 47.2 Å². The van der Waals surface area contributed by atoms with E-state index < -0.39 is 0 Å². The van der Waals surface area contributed by atoms with E-state index in [4.69, 9.17) is 9.15 Å². The van der Waals surface area contributed by atoms with Gasteiger partial charge in [0, 0.05) is 13.1 Å². The van der Waals surface area contributed by atoms with Crippen molar-refractivity contribution in [3.8, 4) is 5.75 Å². The fraction of sp³-hybridized carbons (Fsp3) is 0.444. The van der Waals surface area contributed by atoms with Crippen molar-refractivity contribution in [1.82, 2.24) is 15.6 Å². The SMILES string of the molecule is CCNC(=NCc1nc(C)c(C)o1)NCCc1ccccc1OC.I. The third kappa shape index (κ3) is 6.56. The molecule has 2 rings (SSSR count). The number of guanidine groups is 1. The summed E-state index contributed by atoms with van der Waals surface area (Å²) in [4.78, 5) is 8.87. The highest BCUT2D eigenvalue weighted by atomic mass is 127. The second-order valence-electron chi connectivity index (χ2n) is 5.43. The van der Waals surface area contributed by atoms with Gasteiger partial charge in [-0.2, -0.15) is 0 Å². The number of aryl methyl sites for hydroxylation is 2. The van der Waals surface area contributed by atoms with E-state index in [0.717, 1.165) is 42.7 Å². The average Bonchev–Trinajstić information content (AvgIpc) is 2.91. The molecule has 0 atom stereocenters. The molecule has 0 fully saturated rings. The lowest BCUT2D eigenvalue weighted by molar-refractivity contribution is 0.409. The van der Waals surface area contributed by atoms with Crippen LogP contribution >= 0.6 is 24.0 Å². The molecule has 0 saturated carbocycles. The van der Waals surface area contributed by atoms with Crippen molar-refractivity contribution in [2.45, 2.75) is 33.7 Å². The Morgan fingerprint density at radius 1 is 1.24 bits per heavy atom. The zero-order valence-electron chi connectivity index (χ0n) is 15.3. The summed E-state index contributed by atoms with van der Waals surface area (Å²) in [5.41, 5.74) is 2.08. The Balaban J connectivity index is 0.00000312. The van der Waals surface area contributed by atoms with Crippen LogP contribution in [0.2, 0.25) is 0 Å². The van der Waals surface area contributed by atoms with Crippen LogP contribution in [0.5, 0.6) is 5.75 Å². The summed E-state index contributed by atoms with van der Waals surface area (Å²) in [7, 11) is 1.69. The topological polar surface area (TPSA) is 71.7 Å². The van der Waals surface area contributed by atoms with Crippen molar-refractivity contribution in [2.75, 3.05) is 20.2 Å². The zero-order chi connectivity index (χ0) is 17.4. The summed E-state index contributed by atoms with van der Waals surface area (Å²) in [6.45, 7) is 7.85. The zero-order valence-corrected chi connectivity index (χ0v) is 17.6. The Morgan fingerprint density at radius 3 is 2.64 bits per heavy atom. The smallest absolute Gasteiger partial charge is 0.216 e. The highest BCUT2D eigenvalue weighted by molar-refractivity contribution is 14.0. The van der Waals surface area contributed by atoms with E-state index in [1.54, 1.807) is 7.11 Å². The quantitative estimate of drug-likeness (QED) is 0.379. The van der Waals surface area contributed by atoms with Gasteiger partial charge in [-0.25, -0.2) is 9.98 Å². The van der Waals surface area contributed by atoms with Gasteiger partial charge in [-0.15, -0.1) is 24.0 Å². The van der Waals surface area contributed by atoms with Gasteiger partial charge < -0.3 is 19.8 Å². The van der Waals surface area contributed by atoms with Gasteiger partial charge in [0.2, 0.25) is 5.89 Å². The van der Waals surface area contributed by atoms with E-state index in [1.165, 1.54) is 5.56 Å². The van der Waals surface area contributed by atoms with Crippen LogP contribution in [-0.2, 0) is 13.0 Å². The Bertz CT molecular complexity index is 666. The van der Waals surface area contributed by atoms with Crippen LogP contribution < -0.4 is 15.4 Å². The molecule has 2 aromatic rings. The number of hydrogen-bond acceptors (Lipinski definition) is 4. The Hall–Kier alpha value is -1.77. The fourth-order valence-corrected chi connectivity index (χ4v) is 2.32. The normalized spacial score (nSPS) is 11.0. The molecule has 6 nitrogen and oxygen atoms in total. The third-order valence-corrected chi connectivity index (χ3v) is 3.67. The molecule has 0 spiro atoms. The first kappa shape index (κ1) is 21.3. The van der Waals surface area contributed by atoms with Crippen molar-refractivity contribution >= 4 is 29.9 Å². The van der Waals surface area contributed by atoms with E-state index in [2.05, 4.69) is 26.7 Å². The van der Waals surface area contributed by atoms with Crippen LogP contribution in [0.4, 0.5) is 0 Å². The number of oxazole rings is 1. The highest BCUT2D eigenvalue weighted by Gasteiger charge is 2.06. The Morgan fingerprint density at radius 2 is 2.00 bits per heavy atom. The maximum Gasteiger partial charge on any atom is 0.216 e. The number of hydrogen-bond donors (Lipinski definition) is 2. The summed E-state index contributed by atoms with van der Waals surface area (Å²) >= 11 is 0. The molecule has 0 bridgehead atoms. The van der Waals surface area contributed by atoms with E-state index >= 15 is 0 Å². The minimum absolute atomic E-state index is 0. The van der Waals surface area contributed by atoms with Crippen molar-refractivity contribution in [1.29, 1.82) is 0 Å². The monoisotopic (exact) mass is 458 g/mol. The molecule has 0 saturated heterocycles. The summed E-state index contributed by atoms with van der Waals surface area (Å²) < 4.78 is 10.9. The van der Waals surface area contributed by atoms with Gasteiger partial charge in [-0.1, -0.05) is 18.2 Å². The molecule has 2 N–H and O–H groups in total. The number of aromatic nitrogens is 1. The van der Waals surface area contributed by atoms with Crippen LogP contribution in [0.15, 0.2) is 33.7 Å². The lowest BCUT2D eigenvalue weighted by Crippen LogP contribution is -2.38. The minimum Gasteiger partial charge on any atom is -0.496 e. The minimum atomic E-state index is 0. The van der Waals surface area contributed by atoms with Crippen LogP contribution in [0, 0.1) is 13.8 Å². The van der Waals surface area contributed by atoms with Crippen LogP contribution in [0.25, 0.3) is 0 Å². The molecule has 7 heteroatoms. The summed E-state index contributed by atoms with van der Waals surface area (Å²) in [5.74, 6) is 3.13. The molecule has 0 radical (unpaired) electrons. The first-order valence-electron chi connectivity index (χ1n) is 8.21. The molecule has 1 aromatic heterocycles. The number of para-hydroxylation sites is 1. The van der Waals surface area contributed by atoms with Crippen LogP contribution in [0.1, 0.15) is 29.8 Å². The second-order valence-corrected chi connectivity index (χ2v) is 5.43. The lowest BCUT2D eigenvalue weighted by atomic mass is 10.1. The number of nitrogens with zero attached hydrogens (tertiary/aromatic N) is 2. The van der Waals surface area contributed by atoms with Gasteiger partial charge in [0.1, 0.15) is 18.1 Å². The largest absolute Gasteiger partial charge is 0.496 e. The van der Waals surface area contributed by atoms with Crippen molar-refractivity contribution in [3.63, 3.8) is 0 Å². The Kier molecular flexibility index (Phi) is 9.33. The van der Waals surface area contributed by atoms with Gasteiger partial charge in [-0.05, 0) is 38.8 Å². The van der Waals surface area contributed by atoms with E-state index in [-0.39, 0.29) is 24.0 Å². The molecule has 0 aliphatic carbocycles. The molecule has 0 aliphatic heterocycles. The van der Waals surface area contributed by atoms with Crippen LogP contribution in [0.3, 0.4) is 0 Å². The van der Waals surface area contributed by atoms with Crippen LogP contribution in [-0.4, -0.2) is 31.1 Å². The van der Waals surface area contributed by atoms with Gasteiger partial charge >= 0.3 is 0 Å². The standard InChI is InChI=1S/C18H26N4O2.HI/c1-5-19-18(21-12-17-22-13(2)14(3)24-17)20-11-10-15-8-6-7-9-16(15)23-4;/h6-9H,5,10-12H2,1-4H3,(H2,19,20,21);1H. The van der Waals surface area contributed by atoms with Gasteiger partial charge in [0.15, 0.2) is 5.96 Å². The predicted octanol–water partition coefficient (Wildman–Crippen LogP) is 3.22. The molecule has 1 heterocycles. The van der Waals surface area contributed by atoms with E-state index in [1.807, 2.05) is 39.0 Å². The van der Waals surface area contributed by atoms with Crippen molar-refractivity contribution < 1.29 is 9.15 Å². The molecule has 1 aromatic carbocycles. The summed E-state index contributed by atoms with van der Waals surface area (Å²) in [6, 6.07) is 8.04. The van der Waals surface area contributed by atoms with Gasteiger partial charge in [-0.3, -0.25) is 0 Å². The maximum atomic E-state index is 5.56. The van der Waals surface area contributed by atoms with E-state index in [9.17, 15) is 0 Å². The van der Waals surface area contributed by atoms with Crippen molar-refractivity contribution in [2.24, 2.45) is 4.99 Å². The first-order chi connectivity index (χ1) is 11.6. The summed E-state index contributed by atoms with van der Waals surface area (Å²) in [5, 5.41) is 6.55. The van der Waals surface area contributed by atoms with Gasteiger partial charge in [0.25, 0.3) is 0 Å². The predicted molar refractivity (Wildman–Crippen MR) is 111 cm³/mol. The number of aliphatic imine (C=N–C) groups is 1. The number of nitrogens with one attached hydrogen (secondary N) is 2. The maximum absolute atomic E-state index is 5.56. The fourth-order valence-electron chi connectivity index (χ4n) is 2.32. The number of benzene rings is 1. The molecule has 0 amide bonds. The highest BCUT2D eigenvalue weighted by Crippen LogP contribution is 2.17. The number of methoxy groups -OCH3 is 1. The average molecular weight is 458 g/mol. The third-order valence-electron chi connectivity index (χ3n) is 3.67. The molecule has 25 heavy (non-hydrogen) atoms. The summed E-state index contributed by atoms with van der Waals surface area (Å²) in [6.07, 6.45) is 0.853. The molecular weight excluding hydrogens is 431 g/mol. The molecule has 0 unspecified atom stereocenters. The molecule has 0 aliphatic rings. The van der Waals surface area contributed by atoms with Gasteiger partial charge in [0.05, 0.1) is 12.8 Å². The molecule has 138 valence electrons. The second kappa shape index (κ2) is 11.0. The number of rotatable bonds is 7. The number of ether oxygens (including phenoxy) is 1. The first-order valence-corrected chi connectivity index (χ1v) is 8.21. The Labute approximate surface area is 166 Å². The number of halogens is 1.